The van der Waals surface area contributed by atoms with Crippen molar-refractivity contribution in [3.63, 3.8) is 0 Å². The van der Waals surface area contributed by atoms with Gasteiger partial charge in [0.2, 0.25) is 5.65 Å². The van der Waals surface area contributed by atoms with Crippen molar-refractivity contribution in [2.75, 3.05) is 0 Å². The first-order chi connectivity index (χ1) is 50.1. The van der Waals surface area contributed by atoms with E-state index in [9.17, 15) is 0 Å². The number of para-hydroxylation sites is 1. The van der Waals surface area contributed by atoms with Crippen molar-refractivity contribution >= 4 is 83.1 Å². The minimum Gasteiger partial charge on any atom is -0.368 e. The van der Waals surface area contributed by atoms with Crippen LogP contribution in [0.1, 0.15) is 28.5 Å². The Morgan fingerprint density at radius 1 is 0.396 bits per heavy atom. The summed E-state index contributed by atoms with van der Waals surface area (Å²) in [6.07, 6.45) is 33.3. The lowest BCUT2D eigenvalue weighted by atomic mass is 10.2. The highest BCUT2D eigenvalue weighted by Crippen LogP contribution is 2.38. The number of imidazole rings is 8. The molecule has 101 heavy (non-hydrogen) atoms. The molecule has 24 nitrogen and oxygen atoms in total. The molecular formula is C76H52N23OS+5. The number of hydrogen-bond donors (Lipinski definition) is 0. The summed E-state index contributed by atoms with van der Waals surface area (Å²) in [5, 5.41) is 8.84. The highest BCUT2D eigenvalue weighted by atomic mass is 32.1. The standard InChI is InChI=1S/C20H14N5.2C14H10N5.C14H9N4O.C14H9N4S/c1-2-6-14(7-3-1)25-19-17(9-5-11-22-19)24-13-18-15-8-4-10-21-16(15)12-23(18)20(24)25;1-3-10-7-18-13(19(10)16-6-1)9-17-8-12-11(14(17)18)4-2-5-15-12;1-3-10-7-17-9-13-11-4-2-5-15-12(11)8-18(13)14(17)19(10)16-6-1;2*1-3-9-10(15-5-1)7-17-12(9)8-18-11-4-2-6-16-13(11)19-14(17)18/h1-11,13H,12H2;2*1-7,9H,8H2;2*1-6,8H,7H2/q5*+1. The minimum atomic E-state index is 0.664. The maximum absolute atomic E-state index is 5.85. The molecular weight excluding hydrogens is 1280 g/mol. The first-order valence-corrected chi connectivity index (χ1v) is 33.9. The fraction of sp³-hybridized carbons (Fsp3) is 0.0658. The first-order valence-electron chi connectivity index (χ1n) is 33.1. The van der Waals surface area contributed by atoms with Gasteiger partial charge in [-0.15, -0.1) is 9.61 Å². The van der Waals surface area contributed by atoms with Crippen molar-refractivity contribution in [1.82, 2.24) is 86.3 Å². The molecule has 1 aromatic carbocycles. The van der Waals surface area contributed by atoms with Crippen LogP contribution in [0.2, 0.25) is 0 Å². The number of nitrogens with zero attached hydrogens (tertiary/aromatic N) is 23. The van der Waals surface area contributed by atoms with Gasteiger partial charge in [-0.05, 0) is 145 Å². The topological polar surface area (TPSA) is 200 Å². The second-order valence-corrected chi connectivity index (χ2v) is 26.2. The molecule has 0 unspecified atom stereocenters. The molecule has 0 amide bonds. The third kappa shape index (κ3) is 8.25. The number of oxazole rings is 1. The Morgan fingerprint density at radius 2 is 0.941 bits per heavy atom. The molecule has 0 fully saturated rings. The summed E-state index contributed by atoms with van der Waals surface area (Å²) in [5.74, 6) is 4.17. The van der Waals surface area contributed by atoms with Gasteiger partial charge < -0.3 is 4.42 Å². The number of aromatic nitrogens is 23. The van der Waals surface area contributed by atoms with E-state index in [2.05, 4.69) is 217 Å². The molecule has 0 spiro atoms. The third-order valence-corrected chi connectivity index (χ3v) is 20.8. The number of rotatable bonds is 1. The summed E-state index contributed by atoms with van der Waals surface area (Å²) in [6, 6.07) is 51.2. The van der Waals surface area contributed by atoms with Crippen molar-refractivity contribution < 1.29 is 26.6 Å². The molecule has 20 aromatic heterocycles. The number of thiazole rings is 1. The monoisotopic (exact) mass is 1330 g/mol. The molecule has 0 bridgehead atoms. The van der Waals surface area contributed by atoms with Crippen molar-refractivity contribution in [3.8, 4) is 62.1 Å². The highest BCUT2D eigenvalue weighted by Gasteiger charge is 2.38. The average Bonchev–Trinajstić information content (AvgIpc) is 1.16. The van der Waals surface area contributed by atoms with Gasteiger partial charge in [-0.25, -0.2) is 37.6 Å². The smallest absolute Gasteiger partial charge is 0.368 e. The fourth-order valence-electron chi connectivity index (χ4n) is 15.3. The normalized spacial score (nSPS) is 13.0. The van der Waals surface area contributed by atoms with Crippen LogP contribution in [0.3, 0.4) is 0 Å². The minimum absolute atomic E-state index is 0.664. The fourth-order valence-corrected chi connectivity index (χ4v) is 16.4. The molecule has 0 saturated carbocycles. The van der Waals surface area contributed by atoms with Gasteiger partial charge >= 0.3 is 22.4 Å². The van der Waals surface area contributed by atoms with E-state index in [4.69, 9.17) is 4.42 Å². The lowest BCUT2D eigenvalue weighted by Gasteiger charge is -2.00. The van der Waals surface area contributed by atoms with Gasteiger partial charge in [0.1, 0.15) is 92.5 Å². The van der Waals surface area contributed by atoms with E-state index >= 15 is 0 Å². The van der Waals surface area contributed by atoms with Crippen LogP contribution in [-0.4, -0.2) is 86.3 Å². The van der Waals surface area contributed by atoms with E-state index < -0.39 is 0 Å². The Hall–Kier alpha value is -13.8. The predicted octanol–water partition coefficient (Wildman–Crippen LogP) is 9.64. The van der Waals surface area contributed by atoms with Gasteiger partial charge in [-0.3, -0.25) is 24.9 Å². The molecule has 21 aromatic rings. The average molecular weight is 1340 g/mol. The molecule has 478 valence electrons. The summed E-state index contributed by atoms with van der Waals surface area (Å²) in [7, 11) is 0. The van der Waals surface area contributed by atoms with Gasteiger partial charge in [-0.2, -0.15) is 36.4 Å². The Kier molecular flexibility index (Phi) is 11.7. The molecule has 5 aliphatic rings. The molecule has 25 heterocycles. The van der Waals surface area contributed by atoms with E-state index in [1.807, 2.05) is 142 Å². The molecule has 0 radical (unpaired) electrons. The maximum atomic E-state index is 5.85. The van der Waals surface area contributed by atoms with E-state index in [-0.39, 0.29) is 0 Å². The van der Waals surface area contributed by atoms with Gasteiger partial charge in [0.25, 0.3) is 17.2 Å². The van der Waals surface area contributed by atoms with Crippen LogP contribution < -0.4 is 22.2 Å². The molecule has 0 atom stereocenters. The Balaban J connectivity index is 0.0000000805. The van der Waals surface area contributed by atoms with Crippen molar-refractivity contribution in [1.29, 1.82) is 0 Å². The van der Waals surface area contributed by atoms with Crippen LogP contribution in [0.5, 0.6) is 0 Å². The summed E-state index contributed by atoms with van der Waals surface area (Å²) in [4.78, 5) is 38.0. The summed E-state index contributed by atoms with van der Waals surface area (Å²) < 4.78 is 34.1. The van der Waals surface area contributed by atoms with E-state index in [0.717, 1.165) is 128 Å². The number of pyridine rings is 8. The lowest BCUT2D eigenvalue weighted by molar-refractivity contribution is -0.670. The van der Waals surface area contributed by atoms with E-state index in [1.165, 1.54) is 61.2 Å². The molecule has 25 heteroatoms. The lowest BCUT2D eigenvalue weighted by Crippen LogP contribution is -2.29. The van der Waals surface area contributed by atoms with Crippen LogP contribution in [-0.2, 0) is 32.7 Å². The second-order valence-electron chi connectivity index (χ2n) is 25.2. The summed E-state index contributed by atoms with van der Waals surface area (Å²) >= 11 is 1.73. The molecule has 0 saturated heterocycles. The number of fused-ring (bicyclic) bond motifs is 35. The summed E-state index contributed by atoms with van der Waals surface area (Å²) in [6.45, 7) is 4.04. The SMILES string of the molecule is c1ccc(-n2c3ncccc3[n+]3cc4n(c23)Cc2ncccc2-4)cc1.c1cnc2c(c1)-c1c[n+]3c4cccnc4oc3n1C2.c1cnc2c(c1)-c1c[n+]3c4cccnc4sc3n1C2.c1cnc2c(c1)-c1c[n+]3cc4cccnn4c3n1C2.c1cnc2c(c1)-c1n3cc4cccnn4c3c[n+]1C2. The van der Waals surface area contributed by atoms with Gasteiger partial charge in [0, 0.05) is 66.9 Å². The number of hydrogen-bond acceptors (Lipinski definition) is 12. The molecule has 5 aliphatic heterocycles. The second kappa shape index (κ2) is 21.3. The van der Waals surface area contributed by atoms with Crippen LogP contribution in [0.25, 0.3) is 134 Å². The Morgan fingerprint density at radius 3 is 1.67 bits per heavy atom. The van der Waals surface area contributed by atoms with Crippen LogP contribution in [0.4, 0.5) is 0 Å². The van der Waals surface area contributed by atoms with Crippen molar-refractivity contribution in [2.24, 2.45) is 0 Å². The Bertz CT molecular complexity index is 6800. The molecule has 26 rings (SSSR count). The molecule has 0 N–H and O–H groups in total. The van der Waals surface area contributed by atoms with Crippen LogP contribution in [0.15, 0.2) is 261 Å². The molecule has 0 aliphatic carbocycles. The first kappa shape index (κ1) is 55.3. The largest absolute Gasteiger partial charge is 0.469 e. The van der Waals surface area contributed by atoms with Gasteiger partial charge in [0.15, 0.2) is 44.5 Å². The quantitative estimate of drug-likeness (QED) is 0.142. The Labute approximate surface area is 573 Å². The van der Waals surface area contributed by atoms with E-state index in [0.29, 0.717) is 5.71 Å². The van der Waals surface area contributed by atoms with Crippen molar-refractivity contribution in [3.05, 3.63) is 285 Å². The van der Waals surface area contributed by atoms with Gasteiger partial charge in [0.05, 0.1) is 51.4 Å². The zero-order valence-corrected chi connectivity index (χ0v) is 54.2. The van der Waals surface area contributed by atoms with Crippen LogP contribution >= 0.6 is 11.3 Å². The highest BCUT2D eigenvalue weighted by molar-refractivity contribution is 7.22. The summed E-state index contributed by atoms with van der Waals surface area (Å²) in [5.41, 5.74) is 25.8. The maximum Gasteiger partial charge on any atom is 0.469 e. The van der Waals surface area contributed by atoms with Crippen molar-refractivity contribution in [2.45, 2.75) is 32.7 Å². The predicted molar refractivity (Wildman–Crippen MR) is 372 cm³/mol. The number of benzene rings is 1. The zero-order chi connectivity index (χ0) is 66.0. The van der Waals surface area contributed by atoms with Gasteiger partial charge in [-0.1, -0.05) is 18.2 Å². The zero-order valence-electron chi connectivity index (χ0n) is 53.4. The third-order valence-electron chi connectivity index (χ3n) is 19.7. The van der Waals surface area contributed by atoms with E-state index in [1.54, 1.807) is 17.5 Å². The van der Waals surface area contributed by atoms with Crippen LogP contribution in [0, 0.1) is 0 Å².